The van der Waals surface area contributed by atoms with Crippen molar-refractivity contribution in [1.82, 2.24) is 0 Å². The van der Waals surface area contributed by atoms with Crippen molar-refractivity contribution in [1.29, 1.82) is 0 Å². The SMILES string of the molecule is CCOc1cccc(C=Nc2ccc3c(c2)N(C)C(C)C3(C)C)c1O. The quantitative estimate of drug-likeness (QED) is 0.825. The topological polar surface area (TPSA) is 45.1 Å². The van der Waals surface area contributed by atoms with Crippen LogP contribution in [0.2, 0.25) is 0 Å². The molecule has 0 spiro atoms. The number of fused-ring (bicyclic) bond motifs is 1. The number of rotatable bonds is 4. The highest BCUT2D eigenvalue weighted by Gasteiger charge is 2.39. The van der Waals surface area contributed by atoms with Crippen LogP contribution in [0.3, 0.4) is 0 Å². The molecule has 0 bridgehead atoms. The zero-order chi connectivity index (χ0) is 18.2. The Balaban J connectivity index is 1.91. The van der Waals surface area contributed by atoms with Gasteiger partial charge in [-0.2, -0.15) is 0 Å². The minimum Gasteiger partial charge on any atom is -0.504 e. The number of hydrogen-bond acceptors (Lipinski definition) is 4. The van der Waals surface area contributed by atoms with Gasteiger partial charge in [-0.15, -0.1) is 0 Å². The third-order valence-electron chi connectivity index (χ3n) is 5.36. The normalized spacial score (nSPS) is 18.6. The van der Waals surface area contributed by atoms with Crippen LogP contribution in [0.15, 0.2) is 41.4 Å². The summed E-state index contributed by atoms with van der Waals surface area (Å²) in [5.74, 6) is 0.608. The number of para-hydroxylation sites is 1. The Morgan fingerprint density at radius 3 is 2.76 bits per heavy atom. The molecular formula is C21H26N2O2. The first-order valence-electron chi connectivity index (χ1n) is 8.72. The Kier molecular flexibility index (Phi) is 4.46. The molecule has 1 heterocycles. The molecule has 25 heavy (non-hydrogen) atoms. The van der Waals surface area contributed by atoms with Crippen LogP contribution in [0.5, 0.6) is 11.5 Å². The maximum Gasteiger partial charge on any atom is 0.166 e. The van der Waals surface area contributed by atoms with Crippen molar-refractivity contribution in [2.45, 2.75) is 39.2 Å². The number of aromatic hydroxyl groups is 1. The summed E-state index contributed by atoms with van der Waals surface area (Å²) in [5.41, 5.74) is 4.21. The summed E-state index contributed by atoms with van der Waals surface area (Å²) in [6.07, 6.45) is 1.68. The molecule has 1 N–H and O–H groups in total. The number of benzene rings is 2. The van der Waals surface area contributed by atoms with Crippen molar-refractivity contribution >= 4 is 17.6 Å². The minimum atomic E-state index is 0.121. The third kappa shape index (κ3) is 2.97. The molecular weight excluding hydrogens is 312 g/mol. The highest BCUT2D eigenvalue weighted by Crippen LogP contribution is 2.45. The van der Waals surface area contributed by atoms with Crippen LogP contribution in [0.25, 0.3) is 0 Å². The first-order chi connectivity index (χ1) is 11.9. The summed E-state index contributed by atoms with van der Waals surface area (Å²) < 4.78 is 5.42. The van der Waals surface area contributed by atoms with E-state index in [0.29, 0.717) is 24.0 Å². The lowest BCUT2D eigenvalue weighted by molar-refractivity contribution is 0.318. The van der Waals surface area contributed by atoms with Crippen LogP contribution in [-0.4, -0.2) is 31.0 Å². The fourth-order valence-electron chi connectivity index (χ4n) is 3.41. The fourth-order valence-corrected chi connectivity index (χ4v) is 3.41. The maximum absolute atomic E-state index is 10.3. The first-order valence-corrected chi connectivity index (χ1v) is 8.72. The van der Waals surface area contributed by atoms with Crippen molar-refractivity contribution in [3.63, 3.8) is 0 Å². The molecule has 1 unspecified atom stereocenters. The molecule has 0 amide bonds. The van der Waals surface area contributed by atoms with Crippen LogP contribution in [-0.2, 0) is 5.41 Å². The zero-order valence-corrected chi connectivity index (χ0v) is 15.6. The molecule has 1 atom stereocenters. The molecule has 2 aromatic rings. The summed E-state index contributed by atoms with van der Waals surface area (Å²) in [4.78, 5) is 6.86. The van der Waals surface area contributed by atoms with Crippen LogP contribution in [0.1, 0.15) is 38.8 Å². The molecule has 3 rings (SSSR count). The Bertz CT molecular complexity index is 812. The van der Waals surface area contributed by atoms with E-state index in [-0.39, 0.29) is 11.2 Å². The van der Waals surface area contributed by atoms with Crippen molar-refractivity contribution in [2.24, 2.45) is 4.99 Å². The van der Waals surface area contributed by atoms with E-state index in [2.05, 4.69) is 49.8 Å². The van der Waals surface area contributed by atoms with Gasteiger partial charge in [0.05, 0.1) is 12.3 Å². The number of phenols is 1. The van der Waals surface area contributed by atoms with E-state index >= 15 is 0 Å². The lowest BCUT2D eigenvalue weighted by Gasteiger charge is -2.28. The summed E-state index contributed by atoms with van der Waals surface area (Å²) >= 11 is 0. The fraction of sp³-hybridized carbons (Fsp3) is 0.381. The van der Waals surface area contributed by atoms with Crippen LogP contribution >= 0.6 is 0 Å². The van der Waals surface area contributed by atoms with Gasteiger partial charge in [0, 0.05) is 36.0 Å². The number of ether oxygens (including phenoxy) is 1. The molecule has 4 heteroatoms. The average Bonchev–Trinajstić information content (AvgIpc) is 2.76. The van der Waals surface area contributed by atoms with Crippen molar-refractivity contribution in [3.05, 3.63) is 47.5 Å². The highest BCUT2D eigenvalue weighted by atomic mass is 16.5. The molecule has 132 valence electrons. The van der Waals surface area contributed by atoms with Gasteiger partial charge in [0.15, 0.2) is 11.5 Å². The molecule has 1 aliphatic heterocycles. The van der Waals surface area contributed by atoms with Crippen LogP contribution in [0, 0.1) is 0 Å². The number of phenolic OH excluding ortho intramolecular Hbond substituents is 1. The van der Waals surface area contributed by atoms with Gasteiger partial charge in [0.1, 0.15) is 0 Å². The Morgan fingerprint density at radius 1 is 1.28 bits per heavy atom. The van der Waals surface area contributed by atoms with Crippen molar-refractivity contribution in [3.8, 4) is 11.5 Å². The van der Waals surface area contributed by atoms with Gasteiger partial charge >= 0.3 is 0 Å². The molecule has 1 aliphatic rings. The summed E-state index contributed by atoms with van der Waals surface area (Å²) in [6, 6.07) is 12.2. The van der Waals surface area contributed by atoms with E-state index in [4.69, 9.17) is 4.74 Å². The summed E-state index contributed by atoms with van der Waals surface area (Å²) in [6.45, 7) is 9.21. The van der Waals surface area contributed by atoms with Crippen molar-refractivity contribution in [2.75, 3.05) is 18.6 Å². The van der Waals surface area contributed by atoms with Gasteiger partial charge in [-0.1, -0.05) is 26.0 Å². The van der Waals surface area contributed by atoms with Crippen LogP contribution in [0.4, 0.5) is 11.4 Å². The van der Waals surface area contributed by atoms with E-state index < -0.39 is 0 Å². The zero-order valence-electron chi connectivity index (χ0n) is 15.6. The molecule has 0 radical (unpaired) electrons. The average molecular weight is 338 g/mol. The first kappa shape index (κ1) is 17.3. The molecule has 0 aliphatic carbocycles. The molecule has 0 aromatic heterocycles. The van der Waals surface area contributed by atoms with Crippen molar-refractivity contribution < 1.29 is 9.84 Å². The molecule has 4 nitrogen and oxygen atoms in total. The Labute approximate surface area is 149 Å². The molecule has 0 saturated carbocycles. The summed E-state index contributed by atoms with van der Waals surface area (Å²) in [7, 11) is 2.13. The summed E-state index contributed by atoms with van der Waals surface area (Å²) in [5, 5.41) is 10.3. The maximum atomic E-state index is 10.3. The number of aliphatic imine (C=N–C) groups is 1. The smallest absolute Gasteiger partial charge is 0.166 e. The van der Waals surface area contributed by atoms with E-state index in [0.717, 1.165) is 5.69 Å². The largest absolute Gasteiger partial charge is 0.504 e. The number of hydrogen-bond donors (Lipinski definition) is 1. The van der Waals surface area contributed by atoms with Gasteiger partial charge in [-0.25, -0.2) is 0 Å². The predicted octanol–water partition coefficient (Wildman–Crippen LogP) is 4.66. The second-order valence-electron chi connectivity index (χ2n) is 7.10. The minimum absolute atomic E-state index is 0.121. The Hall–Kier alpha value is -2.49. The van der Waals surface area contributed by atoms with Gasteiger partial charge in [0.2, 0.25) is 0 Å². The molecule has 0 fully saturated rings. The highest BCUT2D eigenvalue weighted by molar-refractivity contribution is 5.87. The van der Waals surface area contributed by atoms with Gasteiger partial charge in [0.25, 0.3) is 0 Å². The third-order valence-corrected chi connectivity index (χ3v) is 5.36. The van der Waals surface area contributed by atoms with Gasteiger partial charge in [-0.05, 0) is 43.7 Å². The standard InChI is InChI=1S/C21H26N2O2/c1-6-25-19-9-7-8-15(20(19)24)13-22-16-10-11-17-18(12-16)23(5)14(2)21(17,3)4/h7-14,24H,6H2,1-5H3. The van der Waals surface area contributed by atoms with Crippen LogP contribution < -0.4 is 9.64 Å². The lowest BCUT2D eigenvalue weighted by Crippen LogP contribution is -2.36. The monoisotopic (exact) mass is 338 g/mol. The number of nitrogens with zero attached hydrogens (tertiary/aromatic N) is 2. The number of likely N-dealkylation sites (N-methyl/N-ethyl adjacent to an activating group) is 1. The van der Waals surface area contributed by atoms with E-state index in [1.807, 2.05) is 25.1 Å². The van der Waals surface area contributed by atoms with E-state index in [1.165, 1.54) is 11.3 Å². The second kappa shape index (κ2) is 6.43. The van der Waals surface area contributed by atoms with Gasteiger partial charge in [-0.3, -0.25) is 4.99 Å². The van der Waals surface area contributed by atoms with E-state index in [1.54, 1.807) is 12.3 Å². The Morgan fingerprint density at radius 2 is 2.04 bits per heavy atom. The van der Waals surface area contributed by atoms with Gasteiger partial charge < -0.3 is 14.7 Å². The molecule has 2 aromatic carbocycles. The lowest BCUT2D eigenvalue weighted by atomic mass is 9.81. The van der Waals surface area contributed by atoms with E-state index in [9.17, 15) is 5.11 Å². The number of anilines is 1. The predicted molar refractivity (Wildman–Crippen MR) is 104 cm³/mol. The molecule has 0 saturated heterocycles. The second-order valence-corrected chi connectivity index (χ2v) is 7.10.